The fourth-order valence-corrected chi connectivity index (χ4v) is 2.43. The van der Waals surface area contributed by atoms with Gasteiger partial charge < -0.3 is 15.0 Å². The predicted octanol–water partition coefficient (Wildman–Crippen LogP) is 2.71. The summed E-state index contributed by atoms with van der Waals surface area (Å²) in [5.74, 6) is -0.629. The molecule has 3 aromatic rings. The fraction of sp³-hybridized carbons (Fsp3) is 0.250. The number of hydrogen-bond acceptors (Lipinski definition) is 3. The second-order valence-corrected chi connectivity index (χ2v) is 5.31. The second kappa shape index (κ2) is 6.21. The average Bonchev–Trinajstić information content (AvgIpc) is 3.11. The number of ether oxygens (including phenoxy) is 1. The summed E-state index contributed by atoms with van der Waals surface area (Å²) in [6, 6.07) is 4.54. The zero-order valence-corrected chi connectivity index (χ0v) is 12.9. The van der Waals surface area contributed by atoms with E-state index in [1.807, 2.05) is 0 Å². The molecule has 120 valence electrons. The van der Waals surface area contributed by atoms with Crippen LogP contribution in [0.25, 0.3) is 10.9 Å². The summed E-state index contributed by atoms with van der Waals surface area (Å²) in [5.41, 5.74) is 2.34. The van der Waals surface area contributed by atoms with Crippen LogP contribution in [0.15, 0.2) is 30.6 Å². The number of aryl methyl sites for hydroxylation is 1. The number of benzene rings is 1. The van der Waals surface area contributed by atoms with Crippen molar-refractivity contribution in [3.8, 4) is 0 Å². The first-order valence-electron chi connectivity index (χ1n) is 7.18. The molecule has 0 bridgehead atoms. The number of fused-ring (bicyclic) bond motifs is 1. The van der Waals surface area contributed by atoms with Gasteiger partial charge in [0, 0.05) is 24.2 Å². The molecule has 2 aromatic heterocycles. The summed E-state index contributed by atoms with van der Waals surface area (Å²) in [4.78, 5) is 15.2. The Morgan fingerprint density at radius 3 is 3.04 bits per heavy atom. The molecule has 0 aliphatic heterocycles. The topological polar surface area (TPSA) is 71.9 Å². The molecule has 0 radical (unpaired) electrons. The molecule has 0 fully saturated rings. The van der Waals surface area contributed by atoms with Crippen LogP contribution in [-0.2, 0) is 11.3 Å². The molecule has 0 saturated carbocycles. The van der Waals surface area contributed by atoms with E-state index in [0.717, 1.165) is 10.9 Å². The molecule has 0 unspecified atom stereocenters. The lowest BCUT2D eigenvalue weighted by atomic mass is 10.1. The highest BCUT2D eigenvalue weighted by Gasteiger charge is 2.12. The number of carbonyl (C=O) groups is 1. The van der Waals surface area contributed by atoms with E-state index in [1.54, 1.807) is 37.2 Å². The van der Waals surface area contributed by atoms with Gasteiger partial charge in [0.1, 0.15) is 11.5 Å². The van der Waals surface area contributed by atoms with Crippen molar-refractivity contribution in [3.63, 3.8) is 0 Å². The van der Waals surface area contributed by atoms with Crippen molar-refractivity contribution in [2.45, 2.75) is 13.5 Å². The van der Waals surface area contributed by atoms with Crippen molar-refractivity contribution < 1.29 is 13.9 Å². The lowest BCUT2D eigenvalue weighted by molar-refractivity contribution is 0.102. The smallest absolute Gasteiger partial charge is 0.272 e. The van der Waals surface area contributed by atoms with Crippen LogP contribution >= 0.6 is 0 Å². The molecule has 0 atom stereocenters. The summed E-state index contributed by atoms with van der Waals surface area (Å²) in [7, 11) is 1.62. The molecule has 0 aliphatic rings. The van der Waals surface area contributed by atoms with Crippen LogP contribution in [0.2, 0.25) is 0 Å². The lowest BCUT2D eigenvalue weighted by Crippen LogP contribution is -2.11. The summed E-state index contributed by atoms with van der Waals surface area (Å²) < 4.78 is 20.1. The zero-order chi connectivity index (χ0) is 16.4. The molecule has 23 heavy (non-hydrogen) atoms. The van der Waals surface area contributed by atoms with Crippen LogP contribution in [0.4, 0.5) is 10.1 Å². The minimum Gasteiger partial charge on any atom is -0.383 e. The summed E-state index contributed by atoms with van der Waals surface area (Å²) in [6.07, 6.45) is 3.30. The number of nitrogens with one attached hydrogen (secondary N) is 2. The van der Waals surface area contributed by atoms with Crippen LogP contribution in [0, 0.1) is 12.7 Å². The fourth-order valence-electron chi connectivity index (χ4n) is 2.43. The standard InChI is InChI=1S/C16H17FN4O2/c1-10-5-11(17)6-14-13(10)7-15(20-14)16(22)19-12-8-18-21(9-12)3-4-23-2/h5-9,20H,3-4H2,1-2H3,(H,19,22). The number of nitrogens with zero attached hydrogens (tertiary/aromatic N) is 2. The Morgan fingerprint density at radius 1 is 1.43 bits per heavy atom. The summed E-state index contributed by atoms with van der Waals surface area (Å²) in [6.45, 7) is 2.96. The van der Waals surface area contributed by atoms with Crippen molar-refractivity contribution in [2.24, 2.45) is 0 Å². The molecule has 6 nitrogen and oxygen atoms in total. The van der Waals surface area contributed by atoms with Gasteiger partial charge in [0.15, 0.2) is 0 Å². The SMILES string of the molecule is COCCn1cc(NC(=O)c2cc3c(C)cc(F)cc3[nH]2)cn1. The molecule has 2 N–H and O–H groups in total. The van der Waals surface area contributed by atoms with Crippen LogP contribution in [0.5, 0.6) is 0 Å². The third kappa shape index (κ3) is 3.24. The Bertz CT molecular complexity index is 853. The average molecular weight is 316 g/mol. The van der Waals surface area contributed by atoms with Crippen molar-refractivity contribution in [2.75, 3.05) is 19.0 Å². The van der Waals surface area contributed by atoms with Crippen molar-refractivity contribution in [1.29, 1.82) is 0 Å². The van der Waals surface area contributed by atoms with Gasteiger partial charge in [-0.1, -0.05) is 0 Å². The highest BCUT2D eigenvalue weighted by atomic mass is 19.1. The molecule has 0 saturated heterocycles. The number of anilines is 1. The van der Waals surface area contributed by atoms with E-state index >= 15 is 0 Å². The quantitative estimate of drug-likeness (QED) is 0.760. The van der Waals surface area contributed by atoms with Gasteiger partial charge in [0.25, 0.3) is 5.91 Å². The van der Waals surface area contributed by atoms with Crippen molar-refractivity contribution in [1.82, 2.24) is 14.8 Å². The van der Waals surface area contributed by atoms with Crippen LogP contribution in [0.1, 0.15) is 16.1 Å². The molecule has 3 rings (SSSR count). The Hall–Kier alpha value is -2.67. The number of hydrogen-bond donors (Lipinski definition) is 2. The summed E-state index contributed by atoms with van der Waals surface area (Å²) in [5, 5.41) is 7.72. The second-order valence-electron chi connectivity index (χ2n) is 5.31. The van der Waals surface area contributed by atoms with Gasteiger partial charge in [-0.25, -0.2) is 4.39 Å². The number of aromatic amines is 1. The van der Waals surface area contributed by atoms with Crippen molar-refractivity contribution in [3.05, 3.63) is 47.7 Å². The molecular weight excluding hydrogens is 299 g/mol. The Labute approximate surface area is 132 Å². The highest BCUT2D eigenvalue weighted by molar-refractivity contribution is 6.06. The first-order valence-corrected chi connectivity index (χ1v) is 7.18. The van der Waals surface area contributed by atoms with E-state index in [-0.39, 0.29) is 11.7 Å². The first-order chi connectivity index (χ1) is 11.1. The van der Waals surface area contributed by atoms with Gasteiger partial charge in [-0.15, -0.1) is 0 Å². The number of H-pyrrole nitrogens is 1. The Balaban J connectivity index is 1.78. The van der Waals surface area contributed by atoms with Gasteiger partial charge in [0.05, 0.1) is 25.0 Å². The largest absolute Gasteiger partial charge is 0.383 e. The van der Waals surface area contributed by atoms with Crippen LogP contribution in [0.3, 0.4) is 0 Å². The maximum atomic E-state index is 13.4. The normalized spacial score (nSPS) is 11.1. The molecule has 7 heteroatoms. The molecule has 0 aliphatic carbocycles. The zero-order valence-electron chi connectivity index (χ0n) is 12.9. The van der Waals surface area contributed by atoms with Crippen molar-refractivity contribution >= 4 is 22.5 Å². The molecule has 0 spiro atoms. The lowest BCUT2D eigenvalue weighted by Gasteiger charge is -2.00. The van der Waals surface area contributed by atoms with E-state index in [4.69, 9.17) is 4.74 Å². The van der Waals surface area contributed by atoms with E-state index in [1.165, 1.54) is 12.1 Å². The number of rotatable bonds is 5. The molecule has 1 aromatic carbocycles. The number of methoxy groups -OCH3 is 1. The van der Waals surface area contributed by atoms with Crippen LogP contribution < -0.4 is 5.32 Å². The Morgan fingerprint density at radius 2 is 2.26 bits per heavy atom. The molecule has 2 heterocycles. The monoisotopic (exact) mass is 316 g/mol. The minimum atomic E-state index is -0.330. The number of carbonyl (C=O) groups excluding carboxylic acids is 1. The van der Waals surface area contributed by atoms with Crippen LogP contribution in [-0.4, -0.2) is 34.4 Å². The first kappa shape index (κ1) is 15.2. The Kier molecular flexibility index (Phi) is 4.12. The van der Waals surface area contributed by atoms with E-state index in [0.29, 0.717) is 30.0 Å². The number of halogens is 1. The third-order valence-corrected chi connectivity index (χ3v) is 3.57. The third-order valence-electron chi connectivity index (χ3n) is 3.57. The van der Waals surface area contributed by atoms with E-state index in [2.05, 4.69) is 15.4 Å². The van der Waals surface area contributed by atoms with E-state index < -0.39 is 0 Å². The van der Waals surface area contributed by atoms with Gasteiger partial charge in [-0.3, -0.25) is 9.48 Å². The maximum absolute atomic E-state index is 13.4. The number of aromatic nitrogens is 3. The number of amides is 1. The van der Waals surface area contributed by atoms with Gasteiger partial charge in [0.2, 0.25) is 0 Å². The van der Waals surface area contributed by atoms with Gasteiger partial charge >= 0.3 is 0 Å². The molecular formula is C16H17FN4O2. The summed E-state index contributed by atoms with van der Waals surface area (Å²) >= 11 is 0. The van der Waals surface area contributed by atoms with E-state index in [9.17, 15) is 9.18 Å². The molecule has 1 amide bonds. The highest BCUT2D eigenvalue weighted by Crippen LogP contribution is 2.21. The predicted molar refractivity (Wildman–Crippen MR) is 85.0 cm³/mol. The minimum absolute atomic E-state index is 0.299. The maximum Gasteiger partial charge on any atom is 0.272 e. The van der Waals surface area contributed by atoms with Gasteiger partial charge in [-0.2, -0.15) is 5.10 Å². The van der Waals surface area contributed by atoms with Gasteiger partial charge in [-0.05, 0) is 30.7 Å².